The lowest BCUT2D eigenvalue weighted by molar-refractivity contribution is -0.0390. The quantitative estimate of drug-likeness (QED) is 0.901. The molecule has 0 atom stereocenters. The normalized spacial score (nSPS) is 20.2. The van der Waals surface area contributed by atoms with Gasteiger partial charge in [-0.15, -0.1) is 10.2 Å². The Balaban J connectivity index is 2.09. The maximum Gasteiger partial charge on any atom is 0.248 e. The summed E-state index contributed by atoms with van der Waals surface area (Å²) in [5, 5.41) is 8.23. The van der Waals surface area contributed by atoms with Crippen LogP contribution in [0.1, 0.15) is 49.7 Å². The van der Waals surface area contributed by atoms with Crippen LogP contribution >= 0.6 is 0 Å². The van der Waals surface area contributed by atoms with Crippen molar-refractivity contribution in [1.82, 2.24) is 14.8 Å². The monoisotopic (exact) mass is 258 g/mol. The first-order valence-electron chi connectivity index (χ1n) is 6.51. The lowest BCUT2D eigenvalue weighted by Crippen LogP contribution is -2.25. The molecule has 102 valence electrons. The van der Waals surface area contributed by atoms with E-state index in [4.69, 9.17) is 5.73 Å². The van der Waals surface area contributed by atoms with E-state index in [1.165, 1.54) is 0 Å². The van der Waals surface area contributed by atoms with Crippen LogP contribution in [-0.2, 0) is 6.54 Å². The van der Waals surface area contributed by atoms with Crippen molar-refractivity contribution in [2.24, 2.45) is 5.73 Å². The maximum absolute atomic E-state index is 13.1. The zero-order valence-electron chi connectivity index (χ0n) is 10.7. The topological polar surface area (TPSA) is 56.7 Å². The fourth-order valence-electron chi connectivity index (χ4n) is 2.52. The summed E-state index contributed by atoms with van der Waals surface area (Å²) < 4.78 is 28.3. The summed E-state index contributed by atoms with van der Waals surface area (Å²) >= 11 is 0. The Hall–Kier alpha value is -1.04. The third kappa shape index (κ3) is 2.85. The summed E-state index contributed by atoms with van der Waals surface area (Å²) in [6, 6.07) is 0. The molecule has 1 aliphatic carbocycles. The highest BCUT2D eigenvalue weighted by molar-refractivity contribution is 5.03. The Morgan fingerprint density at radius 3 is 2.61 bits per heavy atom. The lowest BCUT2D eigenvalue weighted by Gasteiger charge is -2.27. The van der Waals surface area contributed by atoms with Crippen molar-refractivity contribution in [2.75, 3.05) is 6.54 Å². The Bertz CT molecular complexity index is 393. The predicted molar refractivity (Wildman–Crippen MR) is 64.6 cm³/mol. The minimum absolute atomic E-state index is 0.0412. The molecule has 0 unspecified atom stereocenters. The predicted octanol–water partition coefficient (Wildman–Crippen LogP) is 2.23. The van der Waals surface area contributed by atoms with Gasteiger partial charge in [-0.1, -0.05) is 0 Å². The molecule has 0 spiro atoms. The van der Waals surface area contributed by atoms with E-state index in [0.29, 0.717) is 19.4 Å². The molecule has 2 rings (SSSR count). The second-order valence-electron chi connectivity index (χ2n) is 5.03. The van der Waals surface area contributed by atoms with Gasteiger partial charge in [0.25, 0.3) is 0 Å². The number of aryl methyl sites for hydroxylation is 1. The first kappa shape index (κ1) is 13.4. The molecule has 1 aliphatic rings. The van der Waals surface area contributed by atoms with Crippen LogP contribution in [0.25, 0.3) is 0 Å². The average molecular weight is 258 g/mol. The van der Waals surface area contributed by atoms with Gasteiger partial charge in [0.15, 0.2) is 0 Å². The number of halogens is 2. The highest BCUT2D eigenvalue weighted by atomic mass is 19.3. The van der Waals surface area contributed by atoms with Crippen molar-refractivity contribution >= 4 is 0 Å². The van der Waals surface area contributed by atoms with Crippen LogP contribution in [0.3, 0.4) is 0 Å². The first-order valence-corrected chi connectivity index (χ1v) is 6.51. The van der Waals surface area contributed by atoms with Gasteiger partial charge in [0.2, 0.25) is 5.92 Å². The molecule has 18 heavy (non-hydrogen) atoms. The molecule has 1 aromatic heterocycles. The fourth-order valence-corrected chi connectivity index (χ4v) is 2.52. The van der Waals surface area contributed by atoms with Crippen molar-refractivity contribution in [3.8, 4) is 0 Å². The minimum Gasteiger partial charge on any atom is -0.330 e. The highest BCUT2D eigenvalue weighted by Gasteiger charge is 2.37. The standard InChI is InChI=1S/C12H20F2N4/c1-9-16-17-11(18(9)8-2-7-15)10-3-5-12(13,14)6-4-10/h10H,2-8,15H2,1H3. The molecule has 0 radical (unpaired) electrons. The molecule has 0 bridgehead atoms. The van der Waals surface area contributed by atoms with Gasteiger partial charge in [0.1, 0.15) is 11.6 Å². The number of aromatic nitrogens is 3. The van der Waals surface area contributed by atoms with Crippen molar-refractivity contribution in [2.45, 2.75) is 57.4 Å². The van der Waals surface area contributed by atoms with E-state index in [0.717, 1.165) is 24.6 Å². The van der Waals surface area contributed by atoms with Crippen LogP contribution in [0.4, 0.5) is 8.78 Å². The number of hydrogen-bond acceptors (Lipinski definition) is 3. The molecule has 6 heteroatoms. The summed E-state index contributed by atoms with van der Waals surface area (Å²) in [6.45, 7) is 3.28. The van der Waals surface area contributed by atoms with Crippen LogP contribution in [0, 0.1) is 6.92 Å². The second kappa shape index (κ2) is 5.30. The molecule has 2 N–H and O–H groups in total. The summed E-state index contributed by atoms with van der Waals surface area (Å²) in [5.41, 5.74) is 5.51. The van der Waals surface area contributed by atoms with Gasteiger partial charge >= 0.3 is 0 Å². The average Bonchev–Trinajstić information content (AvgIpc) is 2.68. The summed E-state index contributed by atoms with van der Waals surface area (Å²) in [5.74, 6) is -0.677. The van der Waals surface area contributed by atoms with Gasteiger partial charge in [-0.25, -0.2) is 8.78 Å². The zero-order chi connectivity index (χ0) is 13.2. The Kier molecular flexibility index (Phi) is 3.94. The van der Waals surface area contributed by atoms with E-state index in [1.807, 2.05) is 11.5 Å². The number of hydrogen-bond donors (Lipinski definition) is 1. The SMILES string of the molecule is Cc1nnc(C2CCC(F)(F)CC2)n1CCCN. The Morgan fingerprint density at radius 1 is 1.33 bits per heavy atom. The van der Waals surface area contributed by atoms with E-state index in [9.17, 15) is 8.78 Å². The largest absolute Gasteiger partial charge is 0.330 e. The van der Waals surface area contributed by atoms with Crippen LogP contribution in [0.5, 0.6) is 0 Å². The summed E-state index contributed by atoms with van der Waals surface area (Å²) in [7, 11) is 0. The fraction of sp³-hybridized carbons (Fsp3) is 0.833. The molecule has 0 aliphatic heterocycles. The Morgan fingerprint density at radius 2 is 2.00 bits per heavy atom. The van der Waals surface area contributed by atoms with Gasteiger partial charge in [0.05, 0.1) is 0 Å². The van der Waals surface area contributed by atoms with Crippen molar-refractivity contribution < 1.29 is 8.78 Å². The molecule has 1 fully saturated rings. The molecular weight excluding hydrogens is 238 g/mol. The van der Waals surface area contributed by atoms with Gasteiger partial charge in [-0.3, -0.25) is 0 Å². The number of alkyl halides is 2. The Labute approximate surface area is 106 Å². The molecule has 1 saturated carbocycles. The van der Waals surface area contributed by atoms with E-state index in [1.54, 1.807) is 0 Å². The summed E-state index contributed by atoms with van der Waals surface area (Å²) in [6.07, 6.45) is 1.76. The molecule has 0 saturated heterocycles. The third-order valence-electron chi connectivity index (χ3n) is 3.63. The molecule has 1 heterocycles. The first-order chi connectivity index (χ1) is 8.53. The zero-order valence-corrected chi connectivity index (χ0v) is 10.7. The number of nitrogens with two attached hydrogens (primary N) is 1. The molecule has 1 aromatic rings. The van der Waals surface area contributed by atoms with Crippen LogP contribution in [0.2, 0.25) is 0 Å². The van der Waals surface area contributed by atoms with Gasteiger partial charge in [0, 0.05) is 25.3 Å². The van der Waals surface area contributed by atoms with Gasteiger partial charge in [-0.2, -0.15) is 0 Å². The number of nitrogens with zero attached hydrogens (tertiary/aromatic N) is 3. The van der Waals surface area contributed by atoms with E-state index < -0.39 is 5.92 Å². The smallest absolute Gasteiger partial charge is 0.248 e. The van der Waals surface area contributed by atoms with Crippen molar-refractivity contribution in [3.05, 3.63) is 11.6 Å². The lowest BCUT2D eigenvalue weighted by atomic mass is 9.86. The van der Waals surface area contributed by atoms with Crippen LogP contribution < -0.4 is 5.73 Å². The maximum atomic E-state index is 13.1. The third-order valence-corrected chi connectivity index (χ3v) is 3.63. The van der Waals surface area contributed by atoms with Crippen molar-refractivity contribution in [3.63, 3.8) is 0 Å². The van der Waals surface area contributed by atoms with E-state index in [-0.39, 0.29) is 18.8 Å². The molecular formula is C12H20F2N4. The van der Waals surface area contributed by atoms with Crippen LogP contribution in [0.15, 0.2) is 0 Å². The molecule has 4 nitrogen and oxygen atoms in total. The van der Waals surface area contributed by atoms with Crippen LogP contribution in [-0.4, -0.2) is 27.2 Å². The van der Waals surface area contributed by atoms with Gasteiger partial charge in [-0.05, 0) is 32.7 Å². The minimum atomic E-state index is -2.49. The second-order valence-corrected chi connectivity index (χ2v) is 5.03. The molecule has 0 aromatic carbocycles. The van der Waals surface area contributed by atoms with E-state index in [2.05, 4.69) is 10.2 Å². The number of rotatable bonds is 4. The molecule has 0 amide bonds. The van der Waals surface area contributed by atoms with Crippen molar-refractivity contribution in [1.29, 1.82) is 0 Å². The van der Waals surface area contributed by atoms with Gasteiger partial charge < -0.3 is 10.3 Å². The van der Waals surface area contributed by atoms with E-state index >= 15 is 0 Å². The highest BCUT2D eigenvalue weighted by Crippen LogP contribution is 2.40. The summed E-state index contributed by atoms with van der Waals surface area (Å²) in [4.78, 5) is 0.